The Bertz CT molecular complexity index is 1240. The van der Waals surface area contributed by atoms with Crippen LogP contribution in [0.3, 0.4) is 0 Å². The monoisotopic (exact) mass is 444 g/mol. The van der Waals surface area contributed by atoms with Crippen LogP contribution in [0, 0.1) is 0 Å². The number of aromatic carboxylic acids is 2. The van der Waals surface area contributed by atoms with Crippen LogP contribution in [0.4, 0.5) is 5.82 Å². The van der Waals surface area contributed by atoms with Crippen LogP contribution >= 0.6 is 11.6 Å². The summed E-state index contributed by atoms with van der Waals surface area (Å²) < 4.78 is 11.1. The fourth-order valence-corrected chi connectivity index (χ4v) is 3.28. The summed E-state index contributed by atoms with van der Waals surface area (Å²) in [5.41, 5.74) is 3.89. The van der Waals surface area contributed by atoms with E-state index < -0.39 is 34.4 Å². The number of nitrogen functional groups attached to an aromatic ring is 1. The number of hydrogen-bond donors (Lipinski definition) is 4. The van der Waals surface area contributed by atoms with Crippen molar-refractivity contribution in [3.8, 4) is 22.6 Å². The van der Waals surface area contributed by atoms with E-state index in [0.717, 1.165) is 5.56 Å². The second kappa shape index (κ2) is 8.80. The number of rotatable bonds is 7. The van der Waals surface area contributed by atoms with E-state index in [4.69, 9.17) is 26.8 Å². The van der Waals surface area contributed by atoms with Gasteiger partial charge in [-0.15, -0.1) is 0 Å². The Morgan fingerprint density at radius 2 is 1.77 bits per heavy atom. The summed E-state index contributed by atoms with van der Waals surface area (Å²) >= 11 is 5.98. The summed E-state index contributed by atoms with van der Waals surface area (Å²) in [6.45, 7) is 0.107. The highest BCUT2D eigenvalue weighted by atomic mass is 35.5. The standard InChI is InChI=1S/C21H17ClN2O7/c1-30-13-6-5-11(8-14(13)31-9-10-3-2-4-12(22)7-10)15-16(20(26)27)18(23)24-19(25)17(15)21(28)29/h2-8H,9H2,1H3,(H,26,27)(H,28,29)(H3,23,24,25). The summed E-state index contributed by atoms with van der Waals surface area (Å²) in [5, 5.41) is 19.6. The summed E-state index contributed by atoms with van der Waals surface area (Å²) in [7, 11) is 1.41. The van der Waals surface area contributed by atoms with E-state index in [1.807, 2.05) is 0 Å². The molecule has 0 amide bonds. The lowest BCUT2D eigenvalue weighted by Gasteiger charge is -2.15. The van der Waals surface area contributed by atoms with Crippen molar-refractivity contribution in [3.05, 3.63) is 74.5 Å². The number of carboxylic acid groups (broad SMARTS) is 2. The van der Waals surface area contributed by atoms with E-state index in [9.17, 15) is 24.6 Å². The van der Waals surface area contributed by atoms with Crippen LogP contribution in [0.1, 0.15) is 26.3 Å². The average Bonchev–Trinajstić information content (AvgIpc) is 2.70. The summed E-state index contributed by atoms with van der Waals surface area (Å²) in [6, 6.07) is 11.2. The first-order valence-corrected chi connectivity index (χ1v) is 9.18. The number of nitrogens with two attached hydrogens (primary N) is 1. The van der Waals surface area contributed by atoms with E-state index in [1.54, 1.807) is 24.3 Å². The Kier molecular flexibility index (Phi) is 6.17. The van der Waals surface area contributed by atoms with E-state index in [2.05, 4.69) is 4.98 Å². The minimum atomic E-state index is -1.60. The largest absolute Gasteiger partial charge is 0.493 e. The molecule has 3 aromatic rings. The minimum absolute atomic E-state index is 0.106. The van der Waals surface area contributed by atoms with Crippen LogP contribution in [-0.4, -0.2) is 34.2 Å². The number of halogens is 1. The predicted octanol–water partition coefficient (Wildman–Crippen LogP) is 3.26. The number of pyridine rings is 1. The molecule has 0 saturated carbocycles. The van der Waals surface area contributed by atoms with Gasteiger partial charge in [-0.05, 0) is 35.4 Å². The van der Waals surface area contributed by atoms with Gasteiger partial charge in [-0.1, -0.05) is 29.8 Å². The van der Waals surface area contributed by atoms with Gasteiger partial charge < -0.3 is 30.4 Å². The first kappa shape index (κ1) is 21.7. The molecule has 0 saturated heterocycles. The van der Waals surface area contributed by atoms with Gasteiger partial charge in [0, 0.05) is 10.6 Å². The highest BCUT2D eigenvalue weighted by Gasteiger charge is 2.27. The Morgan fingerprint density at radius 1 is 1.06 bits per heavy atom. The van der Waals surface area contributed by atoms with Gasteiger partial charge in [0.15, 0.2) is 11.5 Å². The first-order valence-electron chi connectivity index (χ1n) is 8.81. The number of carbonyl (C=O) groups is 2. The number of benzene rings is 2. The van der Waals surface area contributed by atoms with Gasteiger partial charge in [-0.3, -0.25) is 4.79 Å². The van der Waals surface area contributed by atoms with Crippen molar-refractivity contribution < 1.29 is 29.3 Å². The molecule has 3 rings (SSSR count). The maximum absolute atomic E-state index is 12.2. The Hall–Kier alpha value is -3.98. The van der Waals surface area contributed by atoms with Crippen molar-refractivity contribution in [3.63, 3.8) is 0 Å². The van der Waals surface area contributed by atoms with Crippen LogP contribution in [-0.2, 0) is 6.61 Å². The van der Waals surface area contributed by atoms with Gasteiger partial charge in [0.2, 0.25) is 0 Å². The SMILES string of the molecule is COc1ccc(-c2c(C(=O)O)c(N)[nH]c(=O)c2C(=O)O)cc1OCc1cccc(Cl)c1. The molecular weight excluding hydrogens is 428 g/mol. The number of aromatic nitrogens is 1. The molecule has 9 nitrogen and oxygen atoms in total. The maximum Gasteiger partial charge on any atom is 0.342 e. The maximum atomic E-state index is 12.2. The second-order valence-corrected chi connectivity index (χ2v) is 6.82. The summed E-state index contributed by atoms with van der Waals surface area (Å²) in [5.74, 6) is -3.04. The fourth-order valence-electron chi connectivity index (χ4n) is 3.07. The number of anilines is 1. The lowest BCUT2D eigenvalue weighted by molar-refractivity contribution is 0.0695. The van der Waals surface area contributed by atoms with Crippen molar-refractivity contribution in [1.29, 1.82) is 0 Å². The number of H-pyrrole nitrogens is 1. The zero-order valence-electron chi connectivity index (χ0n) is 16.1. The minimum Gasteiger partial charge on any atom is -0.493 e. The van der Waals surface area contributed by atoms with Crippen LogP contribution in [0.15, 0.2) is 47.3 Å². The number of hydrogen-bond acceptors (Lipinski definition) is 6. The number of ether oxygens (including phenoxy) is 2. The molecule has 1 aromatic heterocycles. The molecule has 2 aromatic carbocycles. The van der Waals surface area contributed by atoms with Crippen LogP contribution in [0.25, 0.3) is 11.1 Å². The normalized spacial score (nSPS) is 10.5. The number of carboxylic acids is 2. The predicted molar refractivity (Wildman–Crippen MR) is 113 cm³/mol. The molecule has 0 aliphatic carbocycles. The third kappa shape index (κ3) is 4.46. The van der Waals surface area contributed by atoms with E-state index in [-0.39, 0.29) is 23.5 Å². The molecule has 0 aliphatic heterocycles. The lowest BCUT2D eigenvalue weighted by atomic mass is 9.95. The van der Waals surface area contributed by atoms with Crippen molar-refractivity contribution in [2.75, 3.05) is 12.8 Å². The molecule has 0 spiro atoms. The van der Waals surface area contributed by atoms with E-state index in [1.165, 1.54) is 25.3 Å². The molecule has 0 aliphatic rings. The van der Waals surface area contributed by atoms with Crippen LogP contribution in [0.2, 0.25) is 5.02 Å². The molecule has 0 fully saturated rings. The van der Waals surface area contributed by atoms with Gasteiger partial charge in [0.25, 0.3) is 5.56 Å². The molecule has 0 atom stereocenters. The van der Waals surface area contributed by atoms with Crippen molar-refractivity contribution in [1.82, 2.24) is 4.98 Å². The second-order valence-electron chi connectivity index (χ2n) is 6.39. The van der Waals surface area contributed by atoms with Crippen molar-refractivity contribution in [2.24, 2.45) is 0 Å². The van der Waals surface area contributed by atoms with E-state index >= 15 is 0 Å². The number of aromatic amines is 1. The molecular formula is C21H17ClN2O7. The smallest absolute Gasteiger partial charge is 0.342 e. The van der Waals surface area contributed by atoms with Crippen molar-refractivity contribution >= 4 is 29.4 Å². The summed E-state index contributed by atoms with van der Waals surface area (Å²) in [6.07, 6.45) is 0. The van der Waals surface area contributed by atoms with Gasteiger partial charge in [0.05, 0.1) is 7.11 Å². The molecule has 0 unspecified atom stereocenters. The van der Waals surface area contributed by atoms with Gasteiger partial charge in [0.1, 0.15) is 23.6 Å². The molecule has 0 bridgehead atoms. The quantitative estimate of drug-likeness (QED) is 0.433. The number of nitrogens with one attached hydrogen (secondary N) is 1. The highest BCUT2D eigenvalue weighted by molar-refractivity contribution is 6.30. The van der Waals surface area contributed by atoms with Crippen LogP contribution < -0.4 is 20.8 Å². The Balaban J connectivity index is 2.16. The lowest BCUT2D eigenvalue weighted by Crippen LogP contribution is -2.24. The third-order valence-electron chi connectivity index (χ3n) is 4.41. The van der Waals surface area contributed by atoms with Crippen LogP contribution in [0.5, 0.6) is 11.5 Å². The zero-order chi connectivity index (χ0) is 22.7. The fraction of sp³-hybridized carbons (Fsp3) is 0.0952. The van der Waals surface area contributed by atoms with E-state index in [0.29, 0.717) is 10.8 Å². The number of methoxy groups -OCH3 is 1. The van der Waals surface area contributed by atoms with Crippen molar-refractivity contribution in [2.45, 2.75) is 6.61 Å². The molecule has 10 heteroatoms. The topological polar surface area (TPSA) is 152 Å². The Labute approximate surface area is 180 Å². The summed E-state index contributed by atoms with van der Waals surface area (Å²) in [4.78, 5) is 37.8. The van der Waals surface area contributed by atoms with Gasteiger partial charge >= 0.3 is 11.9 Å². The third-order valence-corrected chi connectivity index (χ3v) is 4.64. The average molecular weight is 445 g/mol. The van der Waals surface area contributed by atoms with Gasteiger partial charge in [-0.25, -0.2) is 9.59 Å². The first-order chi connectivity index (χ1) is 14.7. The molecule has 1 heterocycles. The Morgan fingerprint density at radius 3 is 2.39 bits per heavy atom. The molecule has 0 radical (unpaired) electrons. The highest BCUT2D eigenvalue weighted by Crippen LogP contribution is 2.36. The molecule has 5 N–H and O–H groups in total. The van der Waals surface area contributed by atoms with Gasteiger partial charge in [-0.2, -0.15) is 0 Å². The zero-order valence-corrected chi connectivity index (χ0v) is 16.9. The molecule has 160 valence electrons. The molecule has 31 heavy (non-hydrogen) atoms.